The zero-order valence-electron chi connectivity index (χ0n) is 14.7. The van der Waals surface area contributed by atoms with Crippen molar-refractivity contribution in [2.45, 2.75) is 38.8 Å². The Labute approximate surface area is 158 Å². The fourth-order valence-corrected chi connectivity index (χ4v) is 2.95. The van der Waals surface area contributed by atoms with Crippen molar-refractivity contribution in [3.05, 3.63) is 35.9 Å². The summed E-state index contributed by atoms with van der Waals surface area (Å²) in [7, 11) is 4.10. The van der Waals surface area contributed by atoms with Crippen molar-refractivity contribution in [3.8, 4) is 0 Å². The first-order valence-corrected chi connectivity index (χ1v) is 8.44. The fourth-order valence-electron chi connectivity index (χ4n) is 2.95. The zero-order valence-corrected chi connectivity index (χ0v) is 17.0. The summed E-state index contributed by atoms with van der Waals surface area (Å²) in [5.41, 5.74) is 1.25. The predicted molar refractivity (Wildman–Crippen MR) is 110 cm³/mol. The molecule has 0 saturated carbocycles. The smallest absolute Gasteiger partial charge is 0.193 e. The second-order valence-corrected chi connectivity index (χ2v) is 6.21. The van der Waals surface area contributed by atoms with Crippen molar-refractivity contribution in [3.63, 3.8) is 0 Å². The number of nitrogens with zero attached hydrogens (tertiary/aromatic N) is 3. The van der Waals surface area contributed by atoms with Crippen molar-refractivity contribution >= 4 is 29.9 Å². The van der Waals surface area contributed by atoms with E-state index in [0.717, 1.165) is 19.0 Å². The first kappa shape index (κ1) is 20.2. The van der Waals surface area contributed by atoms with Crippen molar-refractivity contribution in [2.24, 2.45) is 4.99 Å². The van der Waals surface area contributed by atoms with E-state index in [1.54, 1.807) is 0 Å². The number of benzene rings is 1. The summed E-state index contributed by atoms with van der Waals surface area (Å²) >= 11 is 0. The first-order chi connectivity index (χ1) is 10.7. The van der Waals surface area contributed by atoms with Gasteiger partial charge in [0.05, 0.1) is 6.54 Å². The van der Waals surface area contributed by atoms with Gasteiger partial charge in [-0.15, -0.1) is 24.0 Å². The molecule has 1 heterocycles. The Balaban J connectivity index is 0.00000264. The molecule has 2 rings (SSSR count). The first-order valence-electron chi connectivity index (χ1n) is 8.44. The molecule has 0 spiro atoms. The van der Waals surface area contributed by atoms with Gasteiger partial charge in [0.2, 0.25) is 0 Å². The highest BCUT2D eigenvalue weighted by atomic mass is 127. The molecule has 1 aromatic carbocycles. The number of nitrogens with one attached hydrogen (secondary N) is 1. The minimum absolute atomic E-state index is 0. The minimum Gasteiger partial charge on any atom is -0.355 e. The fraction of sp³-hybridized carbons (Fsp3) is 0.611. The van der Waals surface area contributed by atoms with Gasteiger partial charge in [0.15, 0.2) is 5.96 Å². The molecule has 0 aromatic heterocycles. The number of halogens is 1. The number of likely N-dealkylation sites (tertiary alicyclic amines) is 1. The Kier molecular flexibility index (Phi) is 9.55. The summed E-state index contributed by atoms with van der Waals surface area (Å²) in [6.45, 7) is 6.47. The highest BCUT2D eigenvalue weighted by Crippen LogP contribution is 2.13. The van der Waals surface area contributed by atoms with E-state index in [1.165, 1.54) is 37.9 Å². The summed E-state index contributed by atoms with van der Waals surface area (Å²) in [6, 6.07) is 11.0. The molecule has 0 aliphatic carbocycles. The maximum absolute atomic E-state index is 4.74. The molecular weight excluding hydrogens is 399 g/mol. The zero-order chi connectivity index (χ0) is 15.8. The Morgan fingerprint density at radius 1 is 1.22 bits per heavy atom. The van der Waals surface area contributed by atoms with E-state index in [9.17, 15) is 0 Å². The standard InChI is InChI=1S/C18H30N4.HI/c1-4-17(22-12-8-9-13-22)15-20-18(21(2)3)19-14-16-10-6-5-7-11-16;/h5-7,10-11,17H,4,8-9,12-15H2,1-3H3,(H,19,20);1H. The van der Waals surface area contributed by atoms with Gasteiger partial charge in [-0.05, 0) is 37.9 Å². The molecule has 1 atom stereocenters. The second-order valence-electron chi connectivity index (χ2n) is 6.21. The Hall–Kier alpha value is -0.820. The molecule has 5 heteroatoms. The van der Waals surface area contributed by atoms with E-state index in [2.05, 4.69) is 46.3 Å². The minimum atomic E-state index is 0. The van der Waals surface area contributed by atoms with Crippen LogP contribution in [-0.4, -0.2) is 55.5 Å². The van der Waals surface area contributed by atoms with Gasteiger partial charge in [-0.3, -0.25) is 4.90 Å². The van der Waals surface area contributed by atoms with E-state index < -0.39 is 0 Å². The molecular formula is C18H31IN4. The van der Waals surface area contributed by atoms with Crippen LogP contribution in [0.3, 0.4) is 0 Å². The molecule has 1 aromatic rings. The molecule has 0 amide bonds. The normalized spacial score (nSPS) is 16.7. The largest absolute Gasteiger partial charge is 0.355 e. The molecule has 23 heavy (non-hydrogen) atoms. The molecule has 1 fully saturated rings. The van der Waals surface area contributed by atoms with Crippen LogP contribution in [0.25, 0.3) is 0 Å². The molecule has 1 unspecified atom stereocenters. The van der Waals surface area contributed by atoms with Gasteiger partial charge in [0, 0.05) is 26.7 Å². The van der Waals surface area contributed by atoms with E-state index in [4.69, 9.17) is 4.99 Å². The Morgan fingerprint density at radius 2 is 1.87 bits per heavy atom. The van der Waals surface area contributed by atoms with E-state index in [-0.39, 0.29) is 24.0 Å². The third kappa shape index (κ3) is 6.67. The molecule has 1 aliphatic heterocycles. The van der Waals surface area contributed by atoms with Crippen LogP contribution in [0.1, 0.15) is 31.7 Å². The van der Waals surface area contributed by atoms with Crippen LogP contribution in [0.4, 0.5) is 0 Å². The van der Waals surface area contributed by atoms with Crippen molar-refractivity contribution in [1.82, 2.24) is 15.1 Å². The maximum atomic E-state index is 4.74. The number of rotatable bonds is 6. The highest BCUT2D eigenvalue weighted by Gasteiger charge is 2.20. The lowest BCUT2D eigenvalue weighted by Crippen LogP contribution is -2.45. The lowest BCUT2D eigenvalue weighted by Gasteiger charge is -2.28. The molecule has 1 N–H and O–H groups in total. The number of aliphatic imine (C=N–C) groups is 1. The SMILES string of the molecule is CCC(CNC(=NCc1ccccc1)N(C)C)N1CCCC1.I. The van der Waals surface area contributed by atoms with Crippen LogP contribution in [0.5, 0.6) is 0 Å². The van der Waals surface area contributed by atoms with Crippen LogP contribution < -0.4 is 5.32 Å². The predicted octanol–water partition coefficient (Wildman–Crippen LogP) is 3.19. The van der Waals surface area contributed by atoms with E-state index >= 15 is 0 Å². The summed E-state index contributed by atoms with van der Waals surface area (Å²) in [5, 5.41) is 3.55. The highest BCUT2D eigenvalue weighted by molar-refractivity contribution is 14.0. The summed E-state index contributed by atoms with van der Waals surface area (Å²) in [4.78, 5) is 9.42. The average molecular weight is 430 g/mol. The number of hydrogen-bond acceptors (Lipinski definition) is 2. The van der Waals surface area contributed by atoms with Gasteiger partial charge in [-0.1, -0.05) is 37.3 Å². The number of hydrogen-bond donors (Lipinski definition) is 1. The van der Waals surface area contributed by atoms with Crippen LogP contribution in [0.2, 0.25) is 0 Å². The van der Waals surface area contributed by atoms with Crippen LogP contribution in [-0.2, 0) is 6.54 Å². The van der Waals surface area contributed by atoms with Gasteiger partial charge >= 0.3 is 0 Å². The number of guanidine groups is 1. The van der Waals surface area contributed by atoms with Crippen LogP contribution >= 0.6 is 24.0 Å². The van der Waals surface area contributed by atoms with Crippen LogP contribution in [0, 0.1) is 0 Å². The summed E-state index contributed by atoms with van der Waals surface area (Å²) in [5.74, 6) is 0.974. The molecule has 0 bridgehead atoms. The van der Waals surface area contributed by atoms with Crippen molar-refractivity contribution in [1.29, 1.82) is 0 Å². The lowest BCUT2D eigenvalue weighted by atomic mass is 10.2. The summed E-state index contributed by atoms with van der Waals surface area (Å²) in [6.07, 6.45) is 3.88. The monoisotopic (exact) mass is 430 g/mol. The molecule has 0 radical (unpaired) electrons. The summed E-state index contributed by atoms with van der Waals surface area (Å²) < 4.78 is 0. The molecule has 130 valence electrons. The second kappa shape index (κ2) is 10.9. The van der Waals surface area contributed by atoms with E-state index in [1.807, 2.05) is 20.2 Å². The third-order valence-electron chi connectivity index (χ3n) is 4.30. The topological polar surface area (TPSA) is 30.9 Å². The van der Waals surface area contributed by atoms with Crippen molar-refractivity contribution in [2.75, 3.05) is 33.7 Å². The molecule has 4 nitrogen and oxygen atoms in total. The van der Waals surface area contributed by atoms with Gasteiger partial charge in [0.25, 0.3) is 0 Å². The Bertz CT molecular complexity index is 455. The maximum Gasteiger partial charge on any atom is 0.193 e. The van der Waals surface area contributed by atoms with E-state index in [0.29, 0.717) is 6.04 Å². The average Bonchev–Trinajstić information content (AvgIpc) is 3.05. The Morgan fingerprint density at radius 3 is 2.43 bits per heavy atom. The van der Waals surface area contributed by atoms with Gasteiger partial charge in [-0.2, -0.15) is 0 Å². The lowest BCUT2D eigenvalue weighted by molar-refractivity contribution is 0.235. The van der Waals surface area contributed by atoms with Gasteiger partial charge < -0.3 is 10.2 Å². The van der Waals surface area contributed by atoms with Crippen molar-refractivity contribution < 1.29 is 0 Å². The van der Waals surface area contributed by atoms with Gasteiger partial charge in [-0.25, -0.2) is 4.99 Å². The third-order valence-corrected chi connectivity index (χ3v) is 4.30. The molecule has 1 aliphatic rings. The quantitative estimate of drug-likeness (QED) is 0.427. The van der Waals surface area contributed by atoms with Gasteiger partial charge in [0.1, 0.15) is 0 Å². The molecule has 1 saturated heterocycles. The van der Waals surface area contributed by atoms with Crippen LogP contribution in [0.15, 0.2) is 35.3 Å².